The van der Waals surface area contributed by atoms with Gasteiger partial charge in [-0.3, -0.25) is 9.36 Å². The van der Waals surface area contributed by atoms with Crippen molar-refractivity contribution in [2.75, 3.05) is 5.75 Å². The standard InChI is InChI=1S/C21H24N4OS2/c1-15-8-6-9-16(2)24(15)19(26)14-28-21-23-22-20(18-12-7-13-27-18)25(21)17-10-4-3-5-11-17/h3-5,7,10-13,15-16H,6,8-9,14H2,1-2H3/t15-,16-/m0/s1. The minimum atomic E-state index is 0.185. The highest BCUT2D eigenvalue weighted by Gasteiger charge is 2.29. The van der Waals surface area contributed by atoms with E-state index >= 15 is 0 Å². The third kappa shape index (κ3) is 3.86. The zero-order chi connectivity index (χ0) is 19.5. The molecular formula is C21H24N4OS2. The van der Waals surface area contributed by atoms with Crippen LogP contribution in [0.3, 0.4) is 0 Å². The summed E-state index contributed by atoms with van der Waals surface area (Å²) in [7, 11) is 0. The largest absolute Gasteiger partial charge is 0.337 e. The molecule has 7 heteroatoms. The molecule has 0 radical (unpaired) electrons. The smallest absolute Gasteiger partial charge is 0.233 e. The first-order valence-corrected chi connectivity index (χ1v) is 11.5. The number of nitrogens with zero attached hydrogens (tertiary/aromatic N) is 4. The number of hydrogen-bond acceptors (Lipinski definition) is 5. The summed E-state index contributed by atoms with van der Waals surface area (Å²) in [6.07, 6.45) is 3.37. The third-order valence-electron chi connectivity index (χ3n) is 5.20. The average molecular weight is 413 g/mol. The van der Waals surface area contributed by atoms with E-state index in [1.807, 2.05) is 52.4 Å². The molecule has 2 atom stereocenters. The van der Waals surface area contributed by atoms with Gasteiger partial charge in [-0.05, 0) is 56.7 Å². The number of piperidine rings is 1. The van der Waals surface area contributed by atoms with E-state index in [4.69, 9.17) is 0 Å². The highest BCUT2D eigenvalue weighted by molar-refractivity contribution is 7.99. The lowest BCUT2D eigenvalue weighted by Gasteiger charge is -2.39. The van der Waals surface area contributed by atoms with Crippen LogP contribution in [0.5, 0.6) is 0 Å². The maximum absolute atomic E-state index is 12.9. The van der Waals surface area contributed by atoms with Crippen molar-refractivity contribution in [3.05, 3.63) is 47.8 Å². The lowest BCUT2D eigenvalue weighted by atomic mass is 9.98. The molecule has 1 fully saturated rings. The molecule has 1 aliphatic rings. The fraction of sp³-hybridized carbons (Fsp3) is 0.381. The van der Waals surface area contributed by atoms with Gasteiger partial charge in [0.2, 0.25) is 5.91 Å². The molecule has 0 bridgehead atoms. The van der Waals surface area contributed by atoms with Crippen molar-refractivity contribution in [1.82, 2.24) is 19.7 Å². The number of carbonyl (C=O) groups excluding carboxylic acids is 1. The molecule has 146 valence electrons. The molecule has 3 aromatic rings. The van der Waals surface area contributed by atoms with Crippen molar-refractivity contribution in [3.8, 4) is 16.4 Å². The Morgan fingerprint density at radius 1 is 1.11 bits per heavy atom. The van der Waals surface area contributed by atoms with Crippen molar-refractivity contribution >= 4 is 29.0 Å². The molecule has 0 N–H and O–H groups in total. The molecule has 0 aliphatic carbocycles. The van der Waals surface area contributed by atoms with Crippen molar-refractivity contribution < 1.29 is 4.79 Å². The summed E-state index contributed by atoms with van der Waals surface area (Å²) < 4.78 is 2.05. The highest BCUT2D eigenvalue weighted by Crippen LogP contribution is 2.31. The van der Waals surface area contributed by atoms with Gasteiger partial charge in [0, 0.05) is 17.8 Å². The Hall–Kier alpha value is -2.12. The van der Waals surface area contributed by atoms with Gasteiger partial charge in [-0.2, -0.15) is 0 Å². The van der Waals surface area contributed by atoms with Crippen molar-refractivity contribution in [2.45, 2.75) is 50.4 Å². The van der Waals surface area contributed by atoms with Gasteiger partial charge in [-0.15, -0.1) is 21.5 Å². The quantitative estimate of drug-likeness (QED) is 0.561. The molecule has 0 saturated carbocycles. The van der Waals surface area contributed by atoms with Gasteiger partial charge < -0.3 is 4.90 Å². The summed E-state index contributed by atoms with van der Waals surface area (Å²) in [5, 5.41) is 11.6. The minimum Gasteiger partial charge on any atom is -0.337 e. The molecule has 0 unspecified atom stereocenters. The molecule has 28 heavy (non-hydrogen) atoms. The normalized spacial score (nSPS) is 19.7. The maximum Gasteiger partial charge on any atom is 0.233 e. The van der Waals surface area contributed by atoms with E-state index in [9.17, 15) is 4.79 Å². The number of para-hydroxylation sites is 1. The summed E-state index contributed by atoms with van der Waals surface area (Å²) in [5.41, 5.74) is 1.01. The van der Waals surface area contributed by atoms with E-state index in [1.54, 1.807) is 11.3 Å². The van der Waals surface area contributed by atoms with Crippen LogP contribution in [0.2, 0.25) is 0 Å². The van der Waals surface area contributed by atoms with Crippen LogP contribution in [-0.2, 0) is 4.79 Å². The minimum absolute atomic E-state index is 0.185. The zero-order valence-corrected chi connectivity index (χ0v) is 17.7. The first kappa shape index (κ1) is 19.2. The highest BCUT2D eigenvalue weighted by atomic mass is 32.2. The molecule has 3 heterocycles. The van der Waals surface area contributed by atoms with Crippen LogP contribution < -0.4 is 0 Å². The first-order chi connectivity index (χ1) is 13.6. The van der Waals surface area contributed by atoms with Crippen LogP contribution in [0, 0.1) is 0 Å². The fourth-order valence-electron chi connectivity index (χ4n) is 3.85. The first-order valence-electron chi connectivity index (χ1n) is 9.64. The van der Waals surface area contributed by atoms with Gasteiger partial charge in [0.1, 0.15) is 0 Å². The average Bonchev–Trinajstić information content (AvgIpc) is 3.36. The van der Waals surface area contributed by atoms with Gasteiger partial charge in [-0.1, -0.05) is 36.0 Å². The van der Waals surface area contributed by atoms with Crippen LogP contribution in [0.25, 0.3) is 16.4 Å². The van der Waals surface area contributed by atoms with Crippen LogP contribution in [0.4, 0.5) is 0 Å². The number of aromatic nitrogens is 3. The Labute approximate surface area is 173 Å². The van der Waals surface area contributed by atoms with E-state index in [2.05, 4.69) is 28.9 Å². The molecular weight excluding hydrogens is 388 g/mol. The van der Waals surface area contributed by atoms with Crippen LogP contribution >= 0.6 is 23.1 Å². The van der Waals surface area contributed by atoms with Crippen LogP contribution in [0.15, 0.2) is 53.0 Å². The van der Waals surface area contributed by atoms with Gasteiger partial charge >= 0.3 is 0 Å². The van der Waals surface area contributed by atoms with E-state index in [1.165, 1.54) is 18.2 Å². The van der Waals surface area contributed by atoms with Gasteiger partial charge in [0.05, 0.1) is 10.6 Å². The second kappa shape index (κ2) is 8.49. The van der Waals surface area contributed by atoms with Crippen molar-refractivity contribution in [1.29, 1.82) is 0 Å². The lowest BCUT2D eigenvalue weighted by molar-refractivity contribution is -0.134. The molecule has 4 rings (SSSR count). The summed E-state index contributed by atoms with van der Waals surface area (Å²) in [6.45, 7) is 4.30. The van der Waals surface area contributed by atoms with Gasteiger partial charge in [0.25, 0.3) is 0 Å². The van der Waals surface area contributed by atoms with E-state index < -0.39 is 0 Å². The SMILES string of the molecule is C[C@H]1CCC[C@H](C)N1C(=O)CSc1nnc(-c2cccs2)n1-c1ccccc1. The van der Waals surface area contributed by atoms with Crippen molar-refractivity contribution in [2.24, 2.45) is 0 Å². The lowest BCUT2D eigenvalue weighted by Crippen LogP contribution is -2.48. The summed E-state index contributed by atoms with van der Waals surface area (Å²) in [4.78, 5) is 16.0. The number of amides is 1. The van der Waals surface area contributed by atoms with Crippen LogP contribution in [-0.4, -0.2) is 43.4 Å². The summed E-state index contributed by atoms with van der Waals surface area (Å²) in [6, 6.07) is 14.8. The molecule has 1 aromatic carbocycles. The number of rotatable bonds is 5. The van der Waals surface area contributed by atoms with E-state index in [0.29, 0.717) is 17.8 Å². The van der Waals surface area contributed by atoms with Crippen molar-refractivity contribution in [3.63, 3.8) is 0 Å². The Morgan fingerprint density at radius 3 is 2.54 bits per heavy atom. The number of carbonyl (C=O) groups is 1. The number of thioether (sulfide) groups is 1. The fourth-order valence-corrected chi connectivity index (χ4v) is 5.37. The molecule has 2 aromatic heterocycles. The Kier molecular flexibility index (Phi) is 5.82. The predicted octanol–water partition coefficient (Wildman–Crippen LogP) is 4.88. The maximum atomic E-state index is 12.9. The third-order valence-corrected chi connectivity index (χ3v) is 6.98. The summed E-state index contributed by atoms with van der Waals surface area (Å²) >= 11 is 3.11. The molecule has 5 nitrogen and oxygen atoms in total. The van der Waals surface area contributed by atoms with Gasteiger partial charge in [0.15, 0.2) is 11.0 Å². The number of thiophene rings is 1. The number of hydrogen-bond donors (Lipinski definition) is 0. The van der Waals surface area contributed by atoms with Crippen LogP contribution in [0.1, 0.15) is 33.1 Å². The molecule has 0 spiro atoms. The zero-order valence-electron chi connectivity index (χ0n) is 16.1. The Balaban J connectivity index is 1.59. The predicted molar refractivity (Wildman–Crippen MR) is 115 cm³/mol. The molecule has 1 amide bonds. The molecule has 1 saturated heterocycles. The Bertz CT molecular complexity index is 913. The second-order valence-corrected chi connectivity index (χ2v) is 9.06. The Morgan fingerprint density at radius 2 is 1.86 bits per heavy atom. The second-order valence-electron chi connectivity index (χ2n) is 7.17. The number of likely N-dealkylation sites (tertiary alicyclic amines) is 1. The monoisotopic (exact) mass is 412 g/mol. The van der Waals surface area contributed by atoms with E-state index in [-0.39, 0.29) is 5.91 Å². The molecule has 1 aliphatic heterocycles. The van der Waals surface area contributed by atoms with E-state index in [0.717, 1.165) is 34.4 Å². The summed E-state index contributed by atoms with van der Waals surface area (Å²) in [5.74, 6) is 1.38. The van der Waals surface area contributed by atoms with Gasteiger partial charge in [-0.25, -0.2) is 0 Å². The topological polar surface area (TPSA) is 51.0 Å². The number of benzene rings is 1.